The maximum atomic E-state index is 12.4. The Morgan fingerprint density at radius 1 is 1.25 bits per heavy atom. The lowest BCUT2D eigenvalue weighted by atomic mass is 9.92. The number of nitrogens with one attached hydrogen (secondary N) is 1. The second-order valence-electron chi connectivity index (χ2n) is 7.81. The topological polar surface area (TPSA) is 52.6 Å². The molecule has 1 amide bonds. The third-order valence-corrected chi connectivity index (χ3v) is 4.71. The summed E-state index contributed by atoms with van der Waals surface area (Å²) >= 11 is 0. The van der Waals surface area contributed by atoms with Crippen LogP contribution in [0.15, 0.2) is 30.3 Å². The zero-order valence-electron chi connectivity index (χ0n) is 15.3. The molecule has 4 heteroatoms. The van der Waals surface area contributed by atoms with Crippen LogP contribution in [0.5, 0.6) is 0 Å². The van der Waals surface area contributed by atoms with E-state index in [1.54, 1.807) is 0 Å². The average Bonchev–Trinajstić information content (AvgIpc) is 2.58. The van der Waals surface area contributed by atoms with Gasteiger partial charge in [-0.2, -0.15) is 0 Å². The Labute approximate surface area is 146 Å². The largest absolute Gasteiger partial charge is 0.396 e. The summed E-state index contributed by atoms with van der Waals surface area (Å²) in [6, 6.07) is 11.1. The van der Waals surface area contributed by atoms with Gasteiger partial charge in [0.25, 0.3) is 0 Å². The van der Waals surface area contributed by atoms with E-state index in [-0.39, 0.29) is 24.0 Å². The van der Waals surface area contributed by atoms with Gasteiger partial charge in [0.2, 0.25) is 5.91 Å². The summed E-state index contributed by atoms with van der Waals surface area (Å²) in [6.07, 6.45) is 3.71. The van der Waals surface area contributed by atoms with Crippen molar-refractivity contribution in [2.45, 2.75) is 58.5 Å². The van der Waals surface area contributed by atoms with E-state index < -0.39 is 0 Å². The van der Waals surface area contributed by atoms with Gasteiger partial charge in [-0.3, -0.25) is 4.79 Å². The minimum absolute atomic E-state index is 0.226. The van der Waals surface area contributed by atoms with E-state index in [1.165, 1.54) is 5.56 Å². The van der Waals surface area contributed by atoms with Crippen LogP contribution in [0.2, 0.25) is 0 Å². The van der Waals surface area contributed by atoms with E-state index in [9.17, 15) is 4.79 Å². The average molecular weight is 332 g/mol. The van der Waals surface area contributed by atoms with Crippen LogP contribution in [0.3, 0.4) is 0 Å². The summed E-state index contributed by atoms with van der Waals surface area (Å²) < 4.78 is 0. The Kier molecular flexibility index (Phi) is 6.81. The second-order valence-corrected chi connectivity index (χ2v) is 7.81. The highest BCUT2D eigenvalue weighted by Gasteiger charge is 2.30. The van der Waals surface area contributed by atoms with E-state index in [0.717, 1.165) is 38.8 Å². The zero-order valence-corrected chi connectivity index (χ0v) is 15.3. The van der Waals surface area contributed by atoms with Gasteiger partial charge in [-0.1, -0.05) is 51.1 Å². The predicted molar refractivity (Wildman–Crippen MR) is 97.7 cm³/mol. The minimum Gasteiger partial charge on any atom is -0.396 e. The molecular formula is C20H32N2O2. The lowest BCUT2D eigenvalue weighted by molar-refractivity contribution is -0.140. The van der Waals surface area contributed by atoms with Crippen molar-refractivity contribution < 1.29 is 9.90 Å². The van der Waals surface area contributed by atoms with Crippen LogP contribution < -0.4 is 5.32 Å². The molecule has 4 nitrogen and oxygen atoms in total. The summed E-state index contributed by atoms with van der Waals surface area (Å²) in [7, 11) is 0. The number of hydrogen-bond donors (Lipinski definition) is 2. The minimum atomic E-state index is -0.298. The molecule has 1 saturated heterocycles. The number of aliphatic hydroxyl groups excluding tert-OH is 1. The molecule has 1 aromatic rings. The normalized spacial score (nSPS) is 17.8. The molecule has 0 radical (unpaired) electrons. The van der Waals surface area contributed by atoms with Crippen molar-refractivity contribution in [2.75, 3.05) is 19.7 Å². The summed E-state index contributed by atoms with van der Waals surface area (Å²) in [5.74, 6) is 0.251. The van der Waals surface area contributed by atoms with Crippen LogP contribution in [0.1, 0.15) is 58.1 Å². The molecule has 1 aliphatic heterocycles. The van der Waals surface area contributed by atoms with Gasteiger partial charge in [-0.05, 0) is 31.2 Å². The number of benzene rings is 1. The summed E-state index contributed by atoms with van der Waals surface area (Å²) in [5.41, 5.74) is 0.979. The number of piperidine rings is 1. The Morgan fingerprint density at radius 3 is 2.42 bits per heavy atom. The molecule has 2 N–H and O–H groups in total. The standard InChI is InChI=1S/C20H32N2O2/c1-20(2,3)19(24)22-13-11-17(12-14-22)21-18(10-7-15-23)16-8-5-4-6-9-16/h4-6,8-9,17-18,21,23H,7,10-15H2,1-3H3. The van der Waals surface area contributed by atoms with Crippen molar-refractivity contribution in [3.05, 3.63) is 35.9 Å². The molecule has 2 rings (SSSR count). The third kappa shape index (κ3) is 5.32. The van der Waals surface area contributed by atoms with Crippen LogP contribution in [0.4, 0.5) is 0 Å². The Hall–Kier alpha value is -1.39. The first-order valence-electron chi connectivity index (χ1n) is 9.13. The molecule has 1 aromatic carbocycles. The molecule has 0 spiro atoms. The SMILES string of the molecule is CC(C)(C)C(=O)N1CCC(NC(CCCO)c2ccccc2)CC1. The molecule has 0 aromatic heterocycles. The van der Waals surface area contributed by atoms with E-state index in [0.29, 0.717) is 6.04 Å². The number of carbonyl (C=O) groups excluding carboxylic acids is 1. The fraction of sp³-hybridized carbons (Fsp3) is 0.650. The van der Waals surface area contributed by atoms with E-state index in [1.807, 2.05) is 31.7 Å². The van der Waals surface area contributed by atoms with E-state index >= 15 is 0 Å². The Bertz CT molecular complexity index is 502. The van der Waals surface area contributed by atoms with Gasteiger partial charge in [0.15, 0.2) is 0 Å². The van der Waals surface area contributed by atoms with Gasteiger partial charge >= 0.3 is 0 Å². The van der Waals surface area contributed by atoms with Crippen LogP contribution in [0, 0.1) is 5.41 Å². The molecule has 1 heterocycles. The molecule has 0 bridgehead atoms. The van der Waals surface area contributed by atoms with Gasteiger partial charge in [0.05, 0.1) is 0 Å². The van der Waals surface area contributed by atoms with E-state index in [2.05, 4.69) is 29.6 Å². The Morgan fingerprint density at radius 2 is 1.88 bits per heavy atom. The number of aliphatic hydroxyl groups is 1. The first-order valence-corrected chi connectivity index (χ1v) is 9.13. The van der Waals surface area contributed by atoms with Gasteiger partial charge in [0, 0.05) is 37.2 Å². The second kappa shape index (κ2) is 8.63. The fourth-order valence-electron chi connectivity index (χ4n) is 3.34. The van der Waals surface area contributed by atoms with Crippen LogP contribution in [0.25, 0.3) is 0 Å². The van der Waals surface area contributed by atoms with Crippen LogP contribution in [-0.2, 0) is 4.79 Å². The number of carbonyl (C=O) groups is 1. The summed E-state index contributed by atoms with van der Waals surface area (Å²) in [5, 5.41) is 12.9. The number of nitrogens with zero attached hydrogens (tertiary/aromatic N) is 1. The van der Waals surface area contributed by atoms with Crippen molar-refractivity contribution in [1.29, 1.82) is 0 Å². The highest BCUT2D eigenvalue weighted by molar-refractivity contribution is 5.81. The molecule has 134 valence electrons. The highest BCUT2D eigenvalue weighted by atomic mass is 16.3. The quantitative estimate of drug-likeness (QED) is 0.841. The van der Waals surface area contributed by atoms with Crippen molar-refractivity contribution in [3.63, 3.8) is 0 Å². The number of hydrogen-bond acceptors (Lipinski definition) is 3. The molecule has 1 aliphatic rings. The van der Waals surface area contributed by atoms with Gasteiger partial charge in [-0.15, -0.1) is 0 Å². The molecule has 1 atom stereocenters. The first kappa shape index (κ1) is 18.9. The predicted octanol–water partition coefficient (Wildman–Crippen LogP) is 3.13. The van der Waals surface area contributed by atoms with Crippen LogP contribution >= 0.6 is 0 Å². The smallest absolute Gasteiger partial charge is 0.227 e. The van der Waals surface area contributed by atoms with Crippen LogP contribution in [-0.4, -0.2) is 41.7 Å². The van der Waals surface area contributed by atoms with Gasteiger partial charge < -0.3 is 15.3 Å². The third-order valence-electron chi connectivity index (χ3n) is 4.71. The molecular weight excluding hydrogens is 300 g/mol. The molecule has 24 heavy (non-hydrogen) atoms. The molecule has 1 fully saturated rings. The summed E-state index contributed by atoms with van der Waals surface area (Å²) in [4.78, 5) is 14.4. The molecule has 0 aliphatic carbocycles. The number of rotatable bonds is 6. The van der Waals surface area contributed by atoms with Gasteiger partial charge in [0.1, 0.15) is 0 Å². The van der Waals surface area contributed by atoms with Crippen molar-refractivity contribution in [2.24, 2.45) is 5.41 Å². The molecule has 0 saturated carbocycles. The van der Waals surface area contributed by atoms with Crippen molar-refractivity contribution in [1.82, 2.24) is 10.2 Å². The number of likely N-dealkylation sites (tertiary alicyclic amines) is 1. The summed E-state index contributed by atoms with van der Waals surface area (Å²) in [6.45, 7) is 7.84. The van der Waals surface area contributed by atoms with Crippen molar-refractivity contribution in [3.8, 4) is 0 Å². The highest BCUT2D eigenvalue weighted by Crippen LogP contribution is 2.24. The lowest BCUT2D eigenvalue weighted by Crippen LogP contribution is -2.48. The van der Waals surface area contributed by atoms with Crippen molar-refractivity contribution >= 4 is 5.91 Å². The maximum Gasteiger partial charge on any atom is 0.227 e. The number of amides is 1. The first-order chi connectivity index (χ1) is 11.4. The van der Waals surface area contributed by atoms with E-state index in [4.69, 9.17) is 5.11 Å². The fourth-order valence-corrected chi connectivity index (χ4v) is 3.34. The monoisotopic (exact) mass is 332 g/mol. The molecule has 1 unspecified atom stereocenters. The maximum absolute atomic E-state index is 12.4. The zero-order chi connectivity index (χ0) is 17.6. The Balaban J connectivity index is 1.91. The van der Waals surface area contributed by atoms with Gasteiger partial charge in [-0.25, -0.2) is 0 Å². The lowest BCUT2D eigenvalue weighted by Gasteiger charge is -2.37.